The molecule has 1 aromatic heterocycles. The van der Waals surface area contributed by atoms with Crippen LogP contribution in [-0.4, -0.2) is 17.8 Å². The van der Waals surface area contributed by atoms with E-state index in [1.165, 1.54) is 0 Å². The van der Waals surface area contributed by atoms with E-state index < -0.39 is 0 Å². The molecule has 0 amide bonds. The zero-order valence-corrected chi connectivity index (χ0v) is 11.8. The monoisotopic (exact) mass is 260 g/mol. The Hall–Kier alpha value is -0.635. The molecule has 1 aromatic carbocycles. The third-order valence-corrected chi connectivity index (χ3v) is 2.11. The summed E-state index contributed by atoms with van der Waals surface area (Å²) in [5.41, 5.74) is 8.23. The van der Waals surface area contributed by atoms with Gasteiger partial charge in [0.2, 0.25) is 0 Å². The topological polar surface area (TPSA) is 57.6 Å². The molecule has 16 heavy (non-hydrogen) atoms. The largest absolute Gasteiger partial charge is 0.331 e. The number of nitrogens with one attached hydrogen (secondary N) is 2. The van der Waals surface area contributed by atoms with Crippen molar-refractivity contribution in [1.82, 2.24) is 9.97 Å². The third kappa shape index (κ3) is 3.74. The fraction of sp³-hybridized carbons (Fsp3) is 0.300. The number of aromatic nitrogens is 2. The Kier molecular flexibility index (Phi) is 6.39. The zero-order valence-electron chi connectivity index (χ0n) is 11.8. The summed E-state index contributed by atoms with van der Waals surface area (Å²) in [5, 5.41) is 0. The first-order valence-electron chi connectivity index (χ1n) is 5.98. The fourth-order valence-corrected chi connectivity index (χ4v) is 1.43. The second kappa shape index (κ2) is 7.61. The van der Waals surface area contributed by atoms with Crippen LogP contribution in [0.2, 0.25) is 0 Å². The highest BCUT2D eigenvalue weighted by atomic mass is 32.1. The van der Waals surface area contributed by atoms with E-state index in [2.05, 4.69) is 15.5 Å². The number of fused-ring (bicyclic) bond motifs is 1. The zero-order chi connectivity index (χ0) is 14.7. The Balaban J connectivity index is -0.000000325. The molecule has 0 fully saturated rings. The van der Waals surface area contributed by atoms with Gasteiger partial charge in [0.1, 0.15) is 7.85 Å². The van der Waals surface area contributed by atoms with E-state index in [0.717, 1.165) is 22.1 Å². The second-order valence-corrected chi connectivity index (χ2v) is 3.24. The average molecular weight is 260 g/mol. The molecule has 0 aliphatic heterocycles. The molecule has 0 spiro atoms. The molecular weight excluding hydrogens is 236 g/mol. The molecule has 4 N–H and O–H groups in total. The summed E-state index contributed by atoms with van der Waals surface area (Å²) in [6.45, 7) is 5.97. The van der Waals surface area contributed by atoms with Crippen molar-refractivity contribution in [3.63, 3.8) is 0 Å². The third-order valence-electron chi connectivity index (χ3n) is 1.90. The van der Waals surface area contributed by atoms with Crippen LogP contribution in [0.25, 0.3) is 11.0 Å². The van der Waals surface area contributed by atoms with Gasteiger partial charge in [-0.05, 0) is 31.3 Å². The summed E-state index contributed by atoms with van der Waals surface area (Å²) in [4.78, 5) is 6.04. The van der Waals surface area contributed by atoms with E-state index >= 15 is 0 Å². The van der Waals surface area contributed by atoms with Gasteiger partial charge >= 0.3 is 0 Å². The van der Waals surface area contributed by atoms with Crippen LogP contribution in [0.5, 0.6) is 0 Å². The first kappa shape index (κ1) is 13.4. The van der Waals surface area contributed by atoms with Crippen molar-refractivity contribution in [2.75, 3.05) is 0 Å². The lowest BCUT2D eigenvalue weighted by molar-refractivity contribution is 1.30. The van der Waals surface area contributed by atoms with E-state index in [1.54, 1.807) is 0 Å². The van der Waals surface area contributed by atoms with Gasteiger partial charge in [0, 0.05) is 4.40 Å². The first-order valence-corrected chi connectivity index (χ1v) is 6.06. The van der Waals surface area contributed by atoms with Crippen LogP contribution in [-0.2, 0) is 0 Å². The maximum absolute atomic E-state index is 5.73. The molecule has 2 rings (SSSR count). The molecule has 1 atom stereocenters. The number of imidazole rings is 1. The molecule has 0 bridgehead atoms. The molecule has 1 heterocycles. The van der Waals surface area contributed by atoms with E-state index in [1.807, 2.05) is 42.3 Å². The van der Waals surface area contributed by atoms with Gasteiger partial charge in [-0.3, -0.25) is 0 Å². The maximum Gasteiger partial charge on any atom is 0.175 e. The number of H-pyrrole nitrogens is 2. The van der Waals surface area contributed by atoms with Crippen LogP contribution in [0.3, 0.4) is 0 Å². The number of hydrogen-bond acceptors (Lipinski definition) is 2. The van der Waals surface area contributed by atoms with Gasteiger partial charge in [-0.1, -0.05) is 34.3 Å². The minimum Gasteiger partial charge on any atom is -0.331 e. The summed E-state index contributed by atoms with van der Waals surface area (Å²) in [6.07, 6.45) is 0. The van der Waals surface area contributed by atoms with Gasteiger partial charge in [0.05, 0.1) is 11.0 Å². The van der Waals surface area contributed by atoms with Crippen molar-refractivity contribution >= 4 is 46.0 Å². The first-order chi connectivity index (χ1) is 8.66. The van der Waals surface area contributed by atoms with E-state index in [9.17, 15) is 0 Å². The van der Waals surface area contributed by atoms with Gasteiger partial charge in [0.25, 0.3) is 0 Å². The van der Waals surface area contributed by atoms with Crippen LogP contribution in [0.1, 0.15) is 23.8 Å². The Morgan fingerprint density at radius 1 is 1.31 bits per heavy atom. The molecule has 0 saturated heterocycles. The van der Waals surface area contributed by atoms with Gasteiger partial charge in [-0.2, -0.15) is 0 Å². The lowest BCUT2D eigenvalue weighted by atomic mass is 9.91. The Morgan fingerprint density at radius 3 is 2.25 bits per heavy atom. The standard InChI is InChI=1S/C8H7BN2S.C2H6.H4NP.2H2/c1-4-2-6-7(3-5(4)9)11-8(12)10-6;2*1-2;;/h2-3H,1H3,(H2,10,11,12);1-2H3;1-2H2;2*1H/i;;;1+1D;1+1. The van der Waals surface area contributed by atoms with Crippen LogP contribution >= 0.6 is 21.6 Å². The van der Waals surface area contributed by atoms with Crippen LogP contribution in [0.15, 0.2) is 12.1 Å². The minimum absolute atomic E-state index is 0. The summed E-state index contributed by atoms with van der Waals surface area (Å²) < 4.78 is 10.6. The number of aromatic amines is 2. The molecule has 0 aliphatic carbocycles. The summed E-state index contributed by atoms with van der Waals surface area (Å²) in [5.74, 6) is 0. The number of rotatable bonds is 0. The molecule has 6 heteroatoms. The van der Waals surface area contributed by atoms with Crippen molar-refractivity contribution < 1.29 is 4.40 Å². The summed E-state index contributed by atoms with van der Waals surface area (Å²) >= 11 is 4.95. The van der Waals surface area contributed by atoms with Gasteiger partial charge in [-0.25, -0.2) is 0 Å². The van der Waals surface area contributed by atoms with Crippen molar-refractivity contribution in [2.24, 2.45) is 5.50 Å². The molecule has 0 aliphatic rings. The molecule has 1 unspecified atom stereocenters. The lowest BCUT2D eigenvalue weighted by Gasteiger charge is -1.98. The molecule has 2 aromatic rings. The number of aryl methyl sites for hydroxylation is 1. The van der Waals surface area contributed by atoms with Crippen molar-refractivity contribution in [1.29, 1.82) is 0 Å². The van der Waals surface area contributed by atoms with Crippen molar-refractivity contribution in [2.45, 2.75) is 20.8 Å². The Bertz CT molecular complexity index is 462. The predicted molar refractivity (Wildman–Crippen MR) is 83.1 cm³/mol. The highest BCUT2D eigenvalue weighted by molar-refractivity contribution is 7.71. The molecule has 3 nitrogen and oxygen atoms in total. The highest BCUT2D eigenvalue weighted by Crippen LogP contribution is 2.09. The van der Waals surface area contributed by atoms with Gasteiger partial charge in [-0.15, -0.1) is 0 Å². The Morgan fingerprint density at radius 2 is 1.75 bits per heavy atom. The molecule has 90 valence electrons. The minimum atomic E-state index is 0. The maximum atomic E-state index is 5.73. The molecular formula is C10H21BN3PS. The predicted octanol–water partition coefficient (Wildman–Crippen LogP) is 2.58. The number of nitrogens with two attached hydrogens (primary N) is 1. The average Bonchev–Trinajstić information content (AvgIpc) is 2.76. The number of benzene rings is 1. The molecule has 2 radical (unpaired) electrons. The van der Waals surface area contributed by atoms with E-state index in [0.29, 0.717) is 4.77 Å². The fourth-order valence-electron chi connectivity index (χ4n) is 1.21. The van der Waals surface area contributed by atoms with Crippen LogP contribution < -0.4 is 11.0 Å². The van der Waals surface area contributed by atoms with Crippen molar-refractivity contribution in [3.8, 4) is 0 Å². The van der Waals surface area contributed by atoms with Gasteiger partial charge in [0.15, 0.2) is 4.77 Å². The SMILES string of the molecule is CC.NP.[2HH].[2H][2H].[B]c1cc2[nH]c(=S)[nH]c2cc1C. The Labute approximate surface area is 109 Å². The smallest absolute Gasteiger partial charge is 0.175 e. The van der Waals surface area contributed by atoms with E-state index in [-0.39, 0.29) is 1.43 Å². The van der Waals surface area contributed by atoms with E-state index in [4.69, 9.17) is 23.0 Å². The number of hydrogen-bond donors (Lipinski definition) is 3. The summed E-state index contributed by atoms with van der Waals surface area (Å²) in [7, 11) is 7.64. The highest BCUT2D eigenvalue weighted by Gasteiger charge is 1.98. The second-order valence-electron chi connectivity index (χ2n) is 2.83. The van der Waals surface area contributed by atoms with Crippen molar-refractivity contribution in [3.05, 3.63) is 22.5 Å². The van der Waals surface area contributed by atoms with Crippen LogP contribution in [0, 0.1) is 11.7 Å². The quantitative estimate of drug-likeness (QED) is 0.387. The van der Waals surface area contributed by atoms with Gasteiger partial charge < -0.3 is 15.5 Å². The summed E-state index contributed by atoms with van der Waals surface area (Å²) in [6, 6.07) is 3.87. The normalized spacial score (nSPS) is 9.31. The molecule has 0 saturated carbocycles. The van der Waals surface area contributed by atoms with Crippen LogP contribution in [0.4, 0.5) is 0 Å². The lowest BCUT2D eigenvalue weighted by Crippen LogP contribution is -2.05.